The largest absolute Gasteiger partial charge is 0.486 e. The van der Waals surface area contributed by atoms with Gasteiger partial charge in [0.1, 0.15) is 29.7 Å². The van der Waals surface area contributed by atoms with E-state index in [1.54, 1.807) is 13.0 Å². The molecule has 1 aliphatic heterocycles. The fourth-order valence-electron chi connectivity index (χ4n) is 3.05. The highest BCUT2D eigenvalue weighted by Gasteiger charge is 2.24. The predicted octanol–water partition coefficient (Wildman–Crippen LogP) is 2.76. The first-order chi connectivity index (χ1) is 14.6. The molecule has 0 saturated carbocycles. The first-order valence-corrected chi connectivity index (χ1v) is 9.46. The normalized spacial score (nSPS) is 14.8. The van der Waals surface area contributed by atoms with E-state index < -0.39 is 18.5 Å². The molecule has 1 N–H and O–H groups in total. The number of aromatic nitrogens is 1. The van der Waals surface area contributed by atoms with Crippen LogP contribution >= 0.6 is 0 Å². The van der Waals surface area contributed by atoms with Gasteiger partial charge in [-0.25, -0.2) is 4.79 Å². The molecule has 4 rings (SSSR count). The number of hydrogen-bond donors (Lipinski definition) is 1. The highest BCUT2D eigenvalue weighted by molar-refractivity contribution is 5.98. The van der Waals surface area contributed by atoms with Crippen LogP contribution in [0.3, 0.4) is 0 Å². The lowest BCUT2D eigenvalue weighted by Crippen LogP contribution is -2.42. The summed E-state index contributed by atoms with van der Waals surface area (Å²) in [5.41, 5.74) is 1.31. The van der Waals surface area contributed by atoms with E-state index in [9.17, 15) is 9.59 Å². The van der Waals surface area contributed by atoms with E-state index in [1.807, 2.05) is 48.5 Å². The van der Waals surface area contributed by atoms with Gasteiger partial charge in [0.15, 0.2) is 18.1 Å². The zero-order valence-electron chi connectivity index (χ0n) is 16.3. The molecule has 8 nitrogen and oxygen atoms in total. The molecule has 0 bridgehead atoms. The smallest absolute Gasteiger partial charge is 0.344 e. The van der Waals surface area contributed by atoms with E-state index in [2.05, 4.69) is 10.5 Å². The first kappa shape index (κ1) is 19.5. The topological polar surface area (TPSA) is 99.9 Å². The molecule has 2 heterocycles. The second-order valence-corrected chi connectivity index (χ2v) is 6.71. The van der Waals surface area contributed by atoms with Crippen LogP contribution in [0.5, 0.6) is 11.5 Å². The lowest BCUT2D eigenvalue weighted by atomic mass is 10.1. The van der Waals surface area contributed by atoms with Crippen LogP contribution in [0.2, 0.25) is 0 Å². The summed E-state index contributed by atoms with van der Waals surface area (Å²) in [4.78, 5) is 24.6. The molecule has 0 fully saturated rings. The Morgan fingerprint density at radius 3 is 2.63 bits per heavy atom. The Hall–Kier alpha value is -3.81. The summed E-state index contributed by atoms with van der Waals surface area (Å²) < 4.78 is 21.7. The summed E-state index contributed by atoms with van der Waals surface area (Å²) in [6.07, 6.45) is -0.329. The van der Waals surface area contributed by atoms with E-state index in [1.165, 1.54) is 0 Å². The quantitative estimate of drug-likeness (QED) is 0.626. The predicted molar refractivity (Wildman–Crippen MR) is 106 cm³/mol. The molecule has 0 radical (unpaired) electrons. The molecule has 0 aliphatic carbocycles. The molecule has 1 aliphatic rings. The number of aryl methyl sites for hydroxylation is 1. The Morgan fingerprint density at radius 1 is 1.10 bits per heavy atom. The molecular weight excluding hydrogens is 388 g/mol. The second-order valence-electron chi connectivity index (χ2n) is 6.71. The Morgan fingerprint density at radius 2 is 1.83 bits per heavy atom. The maximum absolute atomic E-state index is 12.5. The van der Waals surface area contributed by atoms with E-state index in [0.29, 0.717) is 29.6 Å². The van der Waals surface area contributed by atoms with Crippen LogP contribution in [0.1, 0.15) is 16.1 Å². The molecular formula is C22H20N2O6. The SMILES string of the molecule is Cc1onc(-c2ccccc2)c1C(=O)OCC(=O)NC[C@@H]1COc2ccccc2O1. The molecule has 3 aromatic rings. The lowest BCUT2D eigenvalue weighted by molar-refractivity contribution is -0.124. The van der Waals surface area contributed by atoms with Crippen LogP contribution in [0.15, 0.2) is 59.1 Å². The van der Waals surface area contributed by atoms with Crippen molar-refractivity contribution in [2.45, 2.75) is 13.0 Å². The molecule has 0 unspecified atom stereocenters. The molecule has 1 atom stereocenters. The highest BCUT2D eigenvalue weighted by atomic mass is 16.6. The number of para-hydroxylation sites is 2. The van der Waals surface area contributed by atoms with Gasteiger partial charge in [0.05, 0.1) is 6.54 Å². The minimum atomic E-state index is -0.672. The Bertz CT molecular complexity index is 1050. The zero-order valence-corrected chi connectivity index (χ0v) is 16.3. The number of esters is 1. The third kappa shape index (κ3) is 4.27. The molecule has 8 heteroatoms. The minimum Gasteiger partial charge on any atom is -0.486 e. The number of ether oxygens (including phenoxy) is 3. The second kappa shape index (κ2) is 8.69. The van der Waals surface area contributed by atoms with E-state index in [0.717, 1.165) is 5.56 Å². The number of carbonyl (C=O) groups excluding carboxylic acids is 2. The standard InChI is InChI=1S/C22H20N2O6/c1-14-20(21(24-30-14)15-7-3-2-4-8-15)22(26)28-13-19(25)23-11-16-12-27-17-9-5-6-10-18(17)29-16/h2-10,16H,11-13H2,1H3,(H,23,25)/t16-/m1/s1. The van der Waals surface area contributed by atoms with Gasteiger partial charge in [-0.15, -0.1) is 0 Å². The van der Waals surface area contributed by atoms with Crippen molar-refractivity contribution < 1.29 is 28.3 Å². The summed E-state index contributed by atoms with van der Waals surface area (Å²) in [6, 6.07) is 16.5. The van der Waals surface area contributed by atoms with E-state index >= 15 is 0 Å². The van der Waals surface area contributed by atoms with Crippen molar-refractivity contribution in [2.75, 3.05) is 19.8 Å². The van der Waals surface area contributed by atoms with E-state index in [4.69, 9.17) is 18.7 Å². The molecule has 0 saturated heterocycles. The minimum absolute atomic E-state index is 0.203. The maximum atomic E-state index is 12.5. The molecule has 1 amide bonds. The third-order valence-electron chi connectivity index (χ3n) is 4.54. The van der Waals surface area contributed by atoms with Crippen molar-refractivity contribution in [2.24, 2.45) is 0 Å². The summed E-state index contributed by atoms with van der Waals surface area (Å²) in [7, 11) is 0. The fourth-order valence-corrected chi connectivity index (χ4v) is 3.05. The molecule has 30 heavy (non-hydrogen) atoms. The summed E-state index contributed by atoms with van der Waals surface area (Å²) in [5.74, 6) is 0.513. The number of carbonyl (C=O) groups is 2. The van der Waals surface area contributed by atoms with Crippen LogP contribution in [0.25, 0.3) is 11.3 Å². The first-order valence-electron chi connectivity index (χ1n) is 9.46. The summed E-state index contributed by atoms with van der Waals surface area (Å²) >= 11 is 0. The van der Waals surface area contributed by atoms with Gasteiger partial charge in [-0.2, -0.15) is 0 Å². The van der Waals surface area contributed by atoms with Gasteiger partial charge < -0.3 is 24.1 Å². The van der Waals surface area contributed by atoms with Crippen LogP contribution in [0, 0.1) is 6.92 Å². The van der Waals surface area contributed by atoms with Crippen molar-refractivity contribution in [1.29, 1.82) is 0 Å². The molecule has 1 aromatic heterocycles. The van der Waals surface area contributed by atoms with Gasteiger partial charge in [0.2, 0.25) is 0 Å². The Labute approximate surface area is 172 Å². The maximum Gasteiger partial charge on any atom is 0.344 e. The lowest BCUT2D eigenvalue weighted by Gasteiger charge is -2.26. The van der Waals surface area contributed by atoms with Gasteiger partial charge in [-0.1, -0.05) is 47.6 Å². The van der Waals surface area contributed by atoms with E-state index in [-0.39, 0.29) is 18.2 Å². The van der Waals surface area contributed by atoms with Gasteiger partial charge >= 0.3 is 5.97 Å². The van der Waals surface area contributed by atoms with Gasteiger partial charge in [-0.05, 0) is 19.1 Å². The summed E-state index contributed by atoms with van der Waals surface area (Å²) in [5, 5.41) is 6.63. The van der Waals surface area contributed by atoms with Crippen molar-refractivity contribution in [3.63, 3.8) is 0 Å². The van der Waals surface area contributed by atoms with Crippen molar-refractivity contribution in [3.8, 4) is 22.8 Å². The fraction of sp³-hybridized carbons (Fsp3) is 0.227. The van der Waals surface area contributed by atoms with Gasteiger partial charge in [0.25, 0.3) is 5.91 Å². The van der Waals surface area contributed by atoms with Crippen molar-refractivity contribution >= 4 is 11.9 Å². The number of nitrogens with one attached hydrogen (secondary N) is 1. The molecule has 0 spiro atoms. The van der Waals surface area contributed by atoms with Crippen LogP contribution in [0.4, 0.5) is 0 Å². The number of amides is 1. The van der Waals surface area contributed by atoms with Crippen LogP contribution in [-0.2, 0) is 9.53 Å². The Kier molecular flexibility index (Phi) is 5.65. The van der Waals surface area contributed by atoms with Gasteiger partial charge in [0, 0.05) is 5.56 Å². The monoisotopic (exact) mass is 408 g/mol. The molecule has 154 valence electrons. The number of nitrogens with zero attached hydrogens (tertiary/aromatic N) is 1. The number of rotatable bonds is 6. The highest BCUT2D eigenvalue weighted by Crippen LogP contribution is 2.30. The third-order valence-corrected chi connectivity index (χ3v) is 4.54. The number of benzene rings is 2. The summed E-state index contributed by atoms with van der Waals surface area (Å²) in [6.45, 7) is 1.74. The van der Waals surface area contributed by atoms with Crippen LogP contribution < -0.4 is 14.8 Å². The Balaban J connectivity index is 1.30. The zero-order chi connectivity index (χ0) is 20.9. The van der Waals surface area contributed by atoms with Gasteiger partial charge in [-0.3, -0.25) is 4.79 Å². The molecule has 2 aromatic carbocycles. The number of hydrogen-bond acceptors (Lipinski definition) is 7. The van der Waals surface area contributed by atoms with Crippen LogP contribution in [-0.4, -0.2) is 42.9 Å². The van der Waals surface area contributed by atoms with Crippen molar-refractivity contribution in [3.05, 3.63) is 65.9 Å². The van der Waals surface area contributed by atoms with Crippen molar-refractivity contribution in [1.82, 2.24) is 10.5 Å². The average molecular weight is 408 g/mol. The average Bonchev–Trinajstić information content (AvgIpc) is 3.18. The number of fused-ring (bicyclic) bond motifs is 1.